The van der Waals surface area contributed by atoms with Crippen LogP contribution in [0.1, 0.15) is 23.4 Å². The van der Waals surface area contributed by atoms with E-state index < -0.39 is 0 Å². The molecule has 6 heteroatoms. The summed E-state index contributed by atoms with van der Waals surface area (Å²) >= 11 is 0. The van der Waals surface area contributed by atoms with Gasteiger partial charge in [-0.1, -0.05) is 6.07 Å². The normalized spacial score (nSPS) is 12.8. The maximum Gasteiger partial charge on any atom is 0.258 e. The van der Waals surface area contributed by atoms with Crippen molar-refractivity contribution in [3.05, 3.63) is 57.6 Å². The van der Waals surface area contributed by atoms with Gasteiger partial charge in [-0.15, -0.1) is 0 Å². The lowest BCUT2D eigenvalue weighted by Crippen LogP contribution is -2.15. The van der Waals surface area contributed by atoms with Gasteiger partial charge < -0.3 is 19.8 Å². The molecule has 0 radical (unpaired) electrons. The molecule has 0 bridgehead atoms. The van der Waals surface area contributed by atoms with E-state index in [1.54, 1.807) is 26.4 Å². The third-order valence-electron chi connectivity index (χ3n) is 4.82. The number of fused-ring (bicyclic) bond motifs is 2. The molecule has 0 saturated heterocycles. The lowest BCUT2D eigenvalue weighted by atomic mass is 10.1. The Bertz CT molecular complexity index is 1030. The van der Waals surface area contributed by atoms with E-state index in [-0.39, 0.29) is 5.56 Å². The SMILES string of the molecule is COc1cc2nc(CNc3ccc4c(c3)CCC4)[nH]c(=O)c2cc1OC. The lowest BCUT2D eigenvalue weighted by molar-refractivity contribution is 0.355. The van der Waals surface area contributed by atoms with Crippen LogP contribution in [0.2, 0.25) is 0 Å². The van der Waals surface area contributed by atoms with Crippen LogP contribution < -0.4 is 20.3 Å². The second kappa shape index (κ2) is 6.71. The number of aromatic nitrogens is 2. The van der Waals surface area contributed by atoms with E-state index in [1.165, 1.54) is 24.0 Å². The van der Waals surface area contributed by atoms with Gasteiger partial charge in [0.25, 0.3) is 5.56 Å². The fourth-order valence-corrected chi connectivity index (χ4v) is 3.47. The highest BCUT2D eigenvalue weighted by atomic mass is 16.5. The summed E-state index contributed by atoms with van der Waals surface area (Å²) in [5, 5.41) is 3.82. The molecular weight excluding hydrogens is 330 g/mol. The first-order chi connectivity index (χ1) is 12.7. The molecule has 4 rings (SSSR count). The molecule has 0 spiro atoms. The van der Waals surface area contributed by atoms with E-state index in [9.17, 15) is 4.79 Å². The zero-order valence-electron chi connectivity index (χ0n) is 14.9. The number of anilines is 1. The van der Waals surface area contributed by atoms with Crippen molar-refractivity contribution in [2.24, 2.45) is 0 Å². The van der Waals surface area contributed by atoms with Crippen LogP contribution in [0.15, 0.2) is 35.1 Å². The molecule has 26 heavy (non-hydrogen) atoms. The summed E-state index contributed by atoms with van der Waals surface area (Å²) in [5.74, 6) is 1.64. The van der Waals surface area contributed by atoms with Crippen molar-refractivity contribution >= 4 is 16.6 Å². The molecule has 134 valence electrons. The highest BCUT2D eigenvalue weighted by Gasteiger charge is 2.12. The molecule has 0 saturated carbocycles. The standard InChI is InChI=1S/C20H21N3O3/c1-25-17-9-15-16(10-18(17)26-2)22-19(23-20(15)24)11-21-14-7-6-12-4-3-5-13(12)8-14/h6-10,21H,3-5,11H2,1-2H3,(H,22,23,24). The number of ether oxygens (including phenoxy) is 2. The number of aromatic amines is 1. The van der Waals surface area contributed by atoms with Gasteiger partial charge in [0.2, 0.25) is 0 Å². The van der Waals surface area contributed by atoms with Crippen molar-refractivity contribution in [3.63, 3.8) is 0 Å². The van der Waals surface area contributed by atoms with E-state index in [0.717, 1.165) is 12.1 Å². The van der Waals surface area contributed by atoms with Crippen LogP contribution in [-0.4, -0.2) is 24.2 Å². The fraction of sp³-hybridized carbons (Fsp3) is 0.300. The summed E-state index contributed by atoms with van der Waals surface area (Å²) in [7, 11) is 3.10. The highest BCUT2D eigenvalue weighted by Crippen LogP contribution is 2.30. The van der Waals surface area contributed by atoms with Crippen LogP contribution in [0.3, 0.4) is 0 Å². The van der Waals surface area contributed by atoms with Gasteiger partial charge >= 0.3 is 0 Å². The van der Waals surface area contributed by atoms with E-state index in [0.29, 0.717) is 34.8 Å². The summed E-state index contributed by atoms with van der Waals surface area (Å²) < 4.78 is 10.6. The third-order valence-corrected chi connectivity index (χ3v) is 4.82. The van der Waals surface area contributed by atoms with Gasteiger partial charge in [0, 0.05) is 11.8 Å². The minimum Gasteiger partial charge on any atom is -0.493 e. The molecule has 1 aliphatic carbocycles. The number of hydrogen-bond acceptors (Lipinski definition) is 5. The Labute approximate surface area is 151 Å². The van der Waals surface area contributed by atoms with Gasteiger partial charge in [-0.3, -0.25) is 4.79 Å². The van der Waals surface area contributed by atoms with Crippen molar-refractivity contribution in [3.8, 4) is 11.5 Å². The van der Waals surface area contributed by atoms with Crippen LogP contribution >= 0.6 is 0 Å². The quantitative estimate of drug-likeness (QED) is 0.739. The lowest BCUT2D eigenvalue weighted by Gasteiger charge is -2.11. The van der Waals surface area contributed by atoms with E-state index in [1.807, 2.05) is 0 Å². The van der Waals surface area contributed by atoms with Gasteiger partial charge in [-0.05, 0) is 48.6 Å². The first-order valence-electron chi connectivity index (χ1n) is 8.68. The molecule has 2 N–H and O–H groups in total. The van der Waals surface area contributed by atoms with Crippen molar-refractivity contribution < 1.29 is 9.47 Å². The molecule has 6 nitrogen and oxygen atoms in total. The van der Waals surface area contributed by atoms with E-state index in [2.05, 4.69) is 33.5 Å². The van der Waals surface area contributed by atoms with Crippen LogP contribution in [-0.2, 0) is 19.4 Å². The number of hydrogen-bond donors (Lipinski definition) is 2. The number of aryl methyl sites for hydroxylation is 2. The molecule has 2 aromatic carbocycles. The van der Waals surface area contributed by atoms with Crippen molar-refractivity contribution in [2.75, 3.05) is 19.5 Å². The fourth-order valence-electron chi connectivity index (χ4n) is 3.47. The Morgan fingerprint density at radius 1 is 1.08 bits per heavy atom. The van der Waals surface area contributed by atoms with Gasteiger partial charge in [-0.2, -0.15) is 0 Å². The minimum atomic E-state index is -0.193. The van der Waals surface area contributed by atoms with Crippen LogP contribution in [0, 0.1) is 0 Å². The summed E-state index contributed by atoms with van der Waals surface area (Å²) in [4.78, 5) is 19.8. The van der Waals surface area contributed by atoms with Gasteiger partial charge in [0.1, 0.15) is 5.82 Å². The summed E-state index contributed by atoms with van der Waals surface area (Å²) in [6.45, 7) is 0.443. The number of benzene rings is 2. The number of rotatable bonds is 5. The van der Waals surface area contributed by atoms with Crippen LogP contribution in [0.5, 0.6) is 11.5 Å². The van der Waals surface area contributed by atoms with Crippen LogP contribution in [0.4, 0.5) is 5.69 Å². The summed E-state index contributed by atoms with van der Waals surface area (Å²) in [5.41, 5.74) is 4.28. The van der Waals surface area contributed by atoms with Crippen LogP contribution in [0.25, 0.3) is 10.9 Å². The van der Waals surface area contributed by atoms with Gasteiger partial charge in [-0.25, -0.2) is 4.98 Å². The average Bonchev–Trinajstić information content (AvgIpc) is 3.13. The Morgan fingerprint density at radius 2 is 1.85 bits per heavy atom. The monoisotopic (exact) mass is 351 g/mol. The molecule has 0 atom stereocenters. The summed E-state index contributed by atoms with van der Waals surface area (Å²) in [6.07, 6.45) is 3.53. The first kappa shape index (κ1) is 16.4. The van der Waals surface area contributed by atoms with Crippen molar-refractivity contribution in [2.45, 2.75) is 25.8 Å². The second-order valence-electron chi connectivity index (χ2n) is 6.43. The molecular formula is C20H21N3O3. The third kappa shape index (κ3) is 2.98. The number of nitrogens with zero attached hydrogens (tertiary/aromatic N) is 1. The Morgan fingerprint density at radius 3 is 2.65 bits per heavy atom. The predicted octanol–water partition coefficient (Wildman–Crippen LogP) is 3.04. The molecule has 1 aromatic heterocycles. The minimum absolute atomic E-state index is 0.193. The van der Waals surface area contributed by atoms with Crippen molar-refractivity contribution in [1.82, 2.24) is 9.97 Å². The Balaban J connectivity index is 1.61. The Kier molecular flexibility index (Phi) is 4.24. The number of methoxy groups -OCH3 is 2. The van der Waals surface area contributed by atoms with Gasteiger partial charge in [0.05, 0.1) is 31.7 Å². The largest absolute Gasteiger partial charge is 0.493 e. The zero-order valence-corrected chi connectivity index (χ0v) is 14.9. The average molecular weight is 351 g/mol. The zero-order chi connectivity index (χ0) is 18.1. The molecule has 0 unspecified atom stereocenters. The van der Waals surface area contributed by atoms with E-state index >= 15 is 0 Å². The summed E-state index contributed by atoms with van der Waals surface area (Å²) in [6, 6.07) is 9.82. The van der Waals surface area contributed by atoms with E-state index in [4.69, 9.17) is 9.47 Å². The number of H-pyrrole nitrogens is 1. The number of nitrogens with one attached hydrogen (secondary N) is 2. The highest BCUT2D eigenvalue weighted by molar-refractivity contribution is 5.81. The molecule has 1 heterocycles. The van der Waals surface area contributed by atoms with Crippen molar-refractivity contribution in [1.29, 1.82) is 0 Å². The van der Waals surface area contributed by atoms with Gasteiger partial charge in [0.15, 0.2) is 11.5 Å². The maximum absolute atomic E-state index is 12.4. The maximum atomic E-state index is 12.4. The first-order valence-corrected chi connectivity index (χ1v) is 8.68. The second-order valence-corrected chi connectivity index (χ2v) is 6.43. The molecule has 1 aliphatic rings. The molecule has 3 aromatic rings. The smallest absolute Gasteiger partial charge is 0.258 e. The molecule has 0 amide bonds. The molecule has 0 fully saturated rings. The topological polar surface area (TPSA) is 76.2 Å². The molecule has 0 aliphatic heterocycles. The predicted molar refractivity (Wildman–Crippen MR) is 101 cm³/mol. The Hall–Kier alpha value is -3.02.